The van der Waals surface area contributed by atoms with E-state index in [0.29, 0.717) is 16.4 Å². The molecule has 3 rings (SSSR count). The standard InChI is InChI=1S/C18H15FN2O2S/c1-23-15-7-5-12(6-8-15)9-17(22)21-18-20-16(11-24-18)13-3-2-4-14(19)10-13/h2-8,10-11H,9H2,1H3,(H,20,21,22). The molecule has 6 heteroatoms. The molecule has 4 nitrogen and oxygen atoms in total. The first-order valence-electron chi connectivity index (χ1n) is 7.28. The van der Waals surface area contributed by atoms with Crippen molar-refractivity contribution in [1.29, 1.82) is 0 Å². The van der Waals surface area contributed by atoms with Gasteiger partial charge >= 0.3 is 0 Å². The zero-order valence-corrected chi connectivity index (χ0v) is 13.8. The summed E-state index contributed by atoms with van der Waals surface area (Å²) in [7, 11) is 1.60. The number of halogens is 1. The number of carbonyl (C=O) groups is 1. The number of nitrogens with zero attached hydrogens (tertiary/aromatic N) is 1. The first kappa shape index (κ1) is 16.1. The molecule has 0 radical (unpaired) electrons. The third-order valence-corrected chi connectivity index (χ3v) is 4.15. The molecule has 0 aliphatic carbocycles. The number of benzene rings is 2. The number of aromatic nitrogens is 1. The Labute approximate surface area is 142 Å². The molecule has 1 N–H and O–H groups in total. The number of anilines is 1. The molecule has 24 heavy (non-hydrogen) atoms. The molecule has 0 atom stereocenters. The highest BCUT2D eigenvalue weighted by Crippen LogP contribution is 2.25. The zero-order chi connectivity index (χ0) is 16.9. The van der Waals surface area contributed by atoms with E-state index in [9.17, 15) is 9.18 Å². The Balaban J connectivity index is 1.64. The minimum Gasteiger partial charge on any atom is -0.497 e. The summed E-state index contributed by atoms with van der Waals surface area (Å²) in [5.74, 6) is 0.282. The predicted octanol–water partition coefficient (Wildman–Crippen LogP) is 4.14. The van der Waals surface area contributed by atoms with Crippen LogP contribution >= 0.6 is 11.3 Å². The largest absolute Gasteiger partial charge is 0.497 e. The Bertz CT molecular complexity index is 846. The lowest BCUT2D eigenvalue weighted by atomic mass is 10.1. The van der Waals surface area contributed by atoms with E-state index in [2.05, 4.69) is 10.3 Å². The SMILES string of the molecule is COc1ccc(CC(=O)Nc2nc(-c3cccc(F)c3)cs2)cc1. The molecule has 1 aromatic heterocycles. The van der Waals surface area contributed by atoms with Crippen LogP contribution in [0.4, 0.5) is 9.52 Å². The van der Waals surface area contributed by atoms with Gasteiger partial charge in [0.1, 0.15) is 11.6 Å². The molecule has 1 amide bonds. The number of hydrogen-bond acceptors (Lipinski definition) is 4. The van der Waals surface area contributed by atoms with Gasteiger partial charge in [0.15, 0.2) is 5.13 Å². The van der Waals surface area contributed by atoms with E-state index in [0.717, 1.165) is 11.3 Å². The number of amides is 1. The summed E-state index contributed by atoms with van der Waals surface area (Å²) in [6, 6.07) is 13.5. The van der Waals surface area contributed by atoms with E-state index >= 15 is 0 Å². The lowest BCUT2D eigenvalue weighted by Gasteiger charge is -2.04. The highest BCUT2D eigenvalue weighted by Gasteiger charge is 2.09. The Kier molecular flexibility index (Phi) is 4.86. The third kappa shape index (κ3) is 3.97. The molecule has 0 unspecified atom stereocenters. The van der Waals surface area contributed by atoms with Gasteiger partial charge in [-0.2, -0.15) is 0 Å². The fraction of sp³-hybridized carbons (Fsp3) is 0.111. The van der Waals surface area contributed by atoms with Gasteiger partial charge in [-0.3, -0.25) is 4.79 Å². The van der Waals surface area contributed by atoms with Crippen LogP contribution in [0.1, 0.15) is 5.56 Å². The molecule has 0 aliphatic rings. The number of hydrogen-bond donors (Lipinski definition) is 1. The van der Waals surface area contributed by atoms with E-state index in [1.165, 1.54) is 23.5 Å². The average Bonchev–Trinajstić information content (AvgIpc) is 3.04. The van der Waals surface area contributed by atoms with Crippen molar-refractivity contribution in [3.63, 3.8) is 0 Å². The second kappa shape index (κ2) is 7.23. The van der Waals surface area contributed by atoms with E-state index in [4.69, 9.17) is 4.74 Å². The van der Waals surface area contributed by atoms with E-state index in [-0.39, 0.29) is 18.1 Å². The number of carbonyl (C=O) groups excluding carboxylic acids is 1. The van der Waals surface area contributed by atoms with Gasteiger partial charge < -0.3 is 10.1 Å². The highest BCUT2D eigenvalue weighted by molar-refractivity contribution is 7.14. The van der Waals surface area contributed by atoms with Crippen LogP contribution in [0.2, 0.25) is 0 Å². The molecule has 0 aliphatic heterocycles. The van der Waals surface area contributed by atoms with Gasteiger partial charge in [0.25, 0.3) is 0 Å². The van der Waals surface area contributed by atoms with Crippen molar-refractivity contribution in [2.24, 2.45) is 0 Å². The van der Waals surface area contributed by atoms with Crippen LogP contribution in [0.3, 0.4) is 0 Å². The molecule has 0 spiro atoms. The van der Waals surface area contributed by atoms with Crippen molar-refractivity contribution in [1.82, 2.24) is 4.98 Å². The lowest BCUT2D eigenvalue weighted by molar-refractivity contribution is -0.115. The fourth-order valence-electron chi connectivity index (χ4n) is 2.20. The van der Waals surface area contributed by atoms with Gasteiger partial charge in [0, 0.05) is 10.9 Å². The van der Waals surface area contributed by atoms with Gasteiger partial charge in [-0.15, -0.1) is 11.3 Å². The van der Waals surface area contributed by atoms with Crippen LogP contribution in [0.25, 0.3) is 11.3 Å². The van der Waals surface area contributed by atoms with Crippen molar-refractivity contribution >= 4 is 22.4 Å². The molecule has 0 saturated carbocycles. The summed E-state index contributed by atoms with van der Waals surface area (Å²) in [6.07, 6.45) is 0.249. The number of thiazole rings is 1. The molecule has 0 saturated heterocycles. The molecule has 2 aromatic carbocycles. The second-order valence-electron chi connectivity index (χ2n) is 5.12. The highest BCUT2D eigenvalue weighted by atomic mass is 32.1. The quantitative estimate of drug-likeness (QED) is 0.758. The zero-order valence-electron chi connectivity index (χ0n) is 13.0. The van der Waals surface area contributed by atoms with Gasteiger partial charge in [0.2, 0.25) is 5.91 Å². The summed E-state index contributed by atoms with van der Waals surface area (Å²) in [5.41, 5.74) is 2.20. The Morgan fingerprint density at radius 3 is 2.75 bits per heavy atom. The smallest absolute Gasteiger partial charge is 0.230 e. The minimum atomic E-state index is -0.314. The van der Waals surface area contributed by atoms with Crippen molar-refractivity contribution in [2.45, 2.75) is 6.42 Å². The third-order valence-electron chi connectivity index (χ3n) is 3.39. The molecule has 122 valence electrons. The molecule has 0 fully saturated rings. The van der Waals surface area contributed by atoms with Crippen molar-refractivity contribution < 1.29 is 13.9 Å². The van der Waals surface area contributed by atoms with Crippen LogP contribution in [0, 0.1) is 5.82 Å². The first-order valence-corrected chi connectivity index (χ1v) is 8.16. The lowest BCUT2D eigenvalue weighted by Crippen LogP contribution is -2.14. The maximum Gasteiger partial charge on any atom is 0.230 e. The molecule has 3 aromatic rings. The summed E-state index contributed by atoms with van der Waals surface area (Å²) >= 11 is 1.31. The van der Waals surface area contributed by atoms with Crippen LogP contribution in [-0.4, -0.2) is 18.0 Å². The van der Waals surface area contributed by atoms with E-state index < -0.39 is 0 Å². The van der Waals surface area contributed by atoms with Crippen molar-refractivity contribution in [3.8, 4) is 17.0 Å². The summed E-state index contributed by atoms with van der Waals surface area (Å²) in [4.78, 5) is 16.4. The number of methoxy groups -OCH3 is 1. The fourth-order valence-corrected chi connectivity index (χ4v) is 2.94. The van der Waals surface area contributed by atoms with Crippen molar-refractivity contribution in [3.05, 3.63) is 65.3 Å². The maximum atomic E-state index is 13.3. The molecule has 1 heterocycles. The Hall–Kier alpha value is -2.73. The van der Waals surface area contributed by atoms with Gasteiger partial charge in [0.05, 0.1) is 19.2 Å². The Morgan fingerprint density at radius 2 is 2.04 bits per heavy atom. The van der Waals surface area contributed by atoms with E-state index in [1.54, 1.807) is 24.6 Å². The minimum absolute atomic E-state index is 0.152. The summed E-state index contributed by atoms with van der Waals surface area (Å²) < 4.78 is 18.4. The van der Waals surface area contributed by atoms with Crippen LogP contribution in [0.5, 0.6) is 5.75 Å². The van der Waals surface area contributed by atoms with Crippen LogP contribution in [0.15, 0.2) is 53.9 Å². The molecule has 0 bridgehead atoms. The van der Waals surface area contributed by atoms with Gasteiger partial charge in [-0.1, -0.05) is 24.3 Å². The maximum absolute atomic E-state index is 13.3. The van der Waals surface area contributed by atoms with Crippen LogP contribution < -0.4 is 10.1 Å². The first-order chi connectivity index (χ1) is 11.6. The summed E-state index contributed by atoms with van der Waals surface area (Å²) in [6.45, 7) is 0. The summed E-state index contributed by atoms with van der Waals surface area (Å²) in [5, 5.41) is 5.05. The number of nitrogens with one attached hydrogen (secondary N) is 1. The number of ether oxygens (including phenoxy) is 1. The normalized spacial score (nSPS) is 10.4. The number of rotatable bonds is 5. The molecular weight excluding hydrogens is 327 g/mol. The monoisotopic (exact) mass is 342 g/mol. The Morgan fingerprint density at radius 1 is 1.25 bits per heavy atom. The predicted molar refractivity (Wildman–Crippen MR) is 92.8 cm³/mol. The van der Waals surface area contributed by atoms with Crippen molar-refractivity contribution in [2.75, 3.05) is 12.4 Å². The second-order valence-corrected chi connectivity index (χ2v) is 5.98. The van der Waals surface area contributed by atoms with Crippen LogP contribution in [-0.2, 0) is 11.2 Å². The van der Waals surface area contributed by atoms with Gasteiger partial charge in [-0.25, -0.2) is 9.37 Å². The average molecular weight is 342 g/mol. The topological polar surface area (TPSA) is 51.2 Å². The van der Waals surface area contributed by atoms with Gasteiger partial charge in [-0.05, 0) is 29.8 Å². The van der Waals surface area contributed by atoms with E-state index in [1.807, 2.05) is 24.3 Å². The molecular formula is C18H15FN2O2S.